The van der Waals surface area contributed by atoms with Gasteiger partial charge < -0.3 is 4.90 Å². The van der Waals surface area contributed by atoms with E-state index in [1.807, 2.05) is 52.3 Å². The van der Waals surface area contributed by atoms with Crippen LogP contribution in [-0.2, 0) is 6.54 Å². The summed E-state index contributed by atoms with van der Waals surface area (Å²) in [6, 6.07) is 18.4. The summed E-state index contributed by atoms with van der Waals surface area (Å²) in [7, 11) is 0. The molecule has 1 atom stereocenters. The number of urea groups is 1. The second kappa shape index (κ2) is 6.53. The van der Waals surface area contributed by atoms with Crippen molar-refractivity contribution in [3.63, 3.8) is 0 Å². The lowest BCUT2D eigenvalue weighted by Gasteiger charge is -2.22. The zero-order valence-electron chi connectivity index (χ0n) is 12.6. The van der Waals surface area contributed by atoms with Gasteiger partial charge in [-0.1, -0.05) is 53.2 Å². The molecule has 2 aromatic rings. The van der Waals surface area contributed by atoms with Crippen molar-refractivity contribution in [2.24, 2.45) is 0 Å². The van der Waals surface area contributed by atoms with Gasteiger partial charge in [-0.2, -0.15) is 0 Å². The molecule has 0 radical (unpaired) electrons. The van der Waals surface area contributed by atoms with Gasteiger partial charge in [0.05, 0.1) is 6.04 Å². The number of hydrogen-bond acceptors (Lipinski definition) is 1. The summed E-state index contributed by atoms with van der Waals surface area (Å²) in [5.74, 6) is 0. The van der Waals surface area contributed by atoms with Gasteiger partial charge in [-0.3, -0.25) is 4.90 Å². The van der Waals surface area contributed by atoms with E-state index >= 15 is 0 Å². The van der Waals surface area contributed by atoms with Crippen molar-refractivity contribution in [1.29, 1.82) is 0 Å². The molecule has 1 saturated heterocycles. The molecule has 1 fully saturated rings. The quantitative estimate of drug-likeness (QED) is 0.778. The van der Waals surface area contributed by atoms with Crippen LogP contribution < -0.4 is 4.90 Å². The third-order valence-electron chi connectivity index (χ3n) is 4.07. The molecule has 3 rings (SSSR count). The number of hydrogen-bond donors (Lipinski definition) is 0. The Morgan fingerprint density at radius 2 is 1.77 bits per heavy atom. The highest BCUT2D eigenvalue weighted by Crippen LogP contribution is 2.28. The Morgan fingerprint density at radius 3 is 2.41 bits per heavy atom. The number of halogens is 1. The van der Waals surface area contributed by atoms with Crippen LogP contribution in [0.3, 0.4) is 0 Å². The summed E-state index contributed by atoms with van der Waals surface area (Å²) in [5.41, 5.74) is 2.14. The van der Waals surface area contributed by atoms with Crippen LogP contribution in [0.2, 0.25) is 0 Å². The smallest absolute Gasteiger partial charge is 0.318 e. The maximum atomic E-state index is 12.8. The van der Waals surface area contributed by atoms with Gasteiger partial charge in [-0.05, 0) is 36.2 Å². The lowest BCUT2D eigenvalue weighted by Crippen LogP contribution is -2.34. The van der Waals surface area contributed by atoms with E-state index in [0.717, 1.165) is 23.1 Å². The Kier molecular flexibility index (Phi) is 4.48. The summed E-state index contributed by atoms with van der Waals surface area (Å²) in [4.78, 5) is 16.7. The van der Waals surface area contributed by atoms with Gasteiger partial charge in [-0.25, -0.2) is 4.79 Å². The van der Waals surface area contributed by atoms with Crippen molar-refractivity contribution in [2.75, 3.05) is 11.4 Å². The average molecular weight is 359 g/mol. The van der Waals surface area contributed by atoms with Gasteiger partial charge in [0, 0.05) is 23.2 Å². The Balaban J connectivity index is 1.82. The van der Waals surface area contributed by atoms with E-state index in [1.54, 1.807) is 0 Å². The van der Waals surface area contributed by atoms with Gasteiger partial charge in [-0.15, -0.1) is 0 Å². The minimum Gasteiger partial charge on any atom is -0.318 e. The molecule has 1 unspecified atom stereocenters. The summed E-state index contributed by atoms with van der Waals surface area (Å²) >= 11 is 3.44. The summed E-state index contributed by atoms with van der Waals surface area (Å²) in [6.45, 7) is 3.58. The van der Waals surface area contributed by atoms with E-state index in [2.05, 4.69) is 35.0 Å². The molecule has 0 aliphatic carbocycles. The second-order valence-corrected chi connectivity index (χ2v) is 6.47. The van der Waals surface area contributed by atoms with Gasteiger partial charge in [0.25, 0.3) is 0 Å². The summed E-state index contributed by atoms with van der Waals surface area (Å²) < 4.78 is 1.03. The van der Waals surface area contributed by atoms with Crippen LogP contribution in [0.15, 0.2) is 59.1 Å². The van der Waals surface area contributed by atoms with Gasteiger partial charge >= 0.3 is 6.03 Å². The molecule has 2 aromatic carbocycles. The fourth-order valence-corrected chi connectivity index (χ4v) is 3.16. The van der Waals surface area contributed by atoms with Crippen LogP contribution in [0, 0.1) is 0 Å². The summed E-state index contributed by atoms with van der Waals surface area (Å²) in [5, 5.41) is 0. The Hall–Kier alpha value is -1.81. The lowest BCUT2D eigenvalue weighted by atomic mass is 10.2. The first-order chi connectivity index (χ1) is 10.7. The Labute approximate surface area is 139 Å². The van der Waals surface area contributed by atoms with Crippen LogP contribution in [0.4, 0.5) is 10.5 Å². The highest BCUT2D eigenvalue weighted by molar-refractivity contribution is 9.10. The van der Waals surface area contributed by atoms with Crippen LogP contribution >= 0.6 is 15.9 Å². The molecule has 1 aliphatic rings. The molecule has 22 heavy (non-hydrogen) atoms. The Bertz CT molecular complexity index is 642. The van der Waals surface area contributed by atoms with Gasteiger partial charge in [0.1, 0.15) is 0 Å². The Morgan fingerprint density at radius 1 is 1.09 bits per heavy atom. The van der Waals surface area contributed by atoms with Crippen molar-refractivity contribution in [1.82, 2.24) is 4.90 Å². The molecule has 4 heteroatoms. The second-order valence-electron chi connectivity index (χ2n) is 5.56. The molecule has 0 aromatic heterocycles. The monoisotopic (exact) mass is 358 g/mol. The zero-order valence-corrected chi connectivity index (χ0v) is 14.2. The first-order valence-electron chi connectivity index (χ1n) is 7.56. The fourth-order valence-electron chi connectivity index (χ4n) is 2.89. The number of amides is 2. The first kappa shape index (κ1) is 15.1. The van der Waals surface area contributed by atoms with Crippen LogP contribution in [-0.4, -0.2) is 23.5 Å². The minimum atomic E-state index is 0.0954. The number of anilines is 1. The zero-order chi connectivity index (χ0) is 15.5. The molecule has 3 nitrogen and oxygen atoms in total. The number of rotatable bonds is 4. The minimum absolute atomic E-state index is 0.0954. The largest absolute Gasteiger partial charge is 0.325 e. The highest BCUT2D eigenvalue weighted by atomic mass is 79.9. The first-order valence-corrected chi connectivity index (χ1v) is 8.36. The fraction of sp³-hybridized carbons (Fsp3) is 0.278. The van der Waals surface area contributed by atoms with Crippen molar-refractivity contribution in [2.45, 2.75) is 25.9 Å². The molecular weight excluding hydrogens is 340 g/mol. The number of carbonyl (C=O) groups is 1. The number of nitrogens with zero attached hydrogens (tertiary/aromatic N) is 2. The van der Waals surface area contributed by atoms with Crippen LogP contribution in [0.25, 0.3) is 0 Å². The van der Waals surface area contributed by atoms with E-state index in [-0.39, 0.29) is 12.1 Å². The maximum absolute atomic E-state index is 12.8. The molecule has 1 aliphatic heterocycles. The molecule has 1 heterocycles. The van der Waals surface area contributed by atoms with Crippen LogP contribution in [0.5, 0.6) is 0 Å². The van der Waals surface area contributed by atoms with Crippen molar-refractivity contribution >= 4 is 27.6 Å². The summed E-state index contributed by atoms with van der Waals surface area (Å²) in [6.07, 6.45) is 0.951. The van der Waals surface area contributed by atoms with E-state index < -0.39 is 0 Å². The SMILES string of the molecule is CCC1CN(Cc2ccccc2)C(=O)N1c1ccc(Br)cc1. The van der Waals surface area contributed by atoms with E-state index in [9.17, 15) is 4.79 Å². The lowest BCUT2D eigenvalue weighted by molar-refractivity contribution is 0.218. The average Bonchev–Trinajstić information content (AvgIpc) is 2.85. The molecular formula is C18H19BrN2O. The van der Waals surface area contributed by atoms with E-state index in [1.165, 1.54) is 5.56 Å². The van der Waals surface area contributed by atoms with Crippen LogP contribution in [0.1, 0.15) is 18.9 Å². The number of carbonyl (C=O) groups excluding carboxylic acids is 1. The normalized spacial score (nSPS) is 18.1. The number of benzene rings is 2. The molecule has 114 valence electrons. The predicted molar refractivity (Wildman–Crippen MR) is 92.9 cm³/mol. The standard InChI is InChI=1S/C18H19BrN2O/c1-2-16-13-20(12-14-6-4-3-5-7-14)18(22)21(16)17-10-8-15(19)9-11-17/h3-11,16H,2,12-13H2,1H3. The molecule has 0 bridgehead atoms. The predicted octanol–water partition coefficient (Wildman–Crippen LogP) is 4.67. The third-order valence-corrected chi connectivity index (χ3v) is 4.59. The topological polar surface area (TPSA) is 23.6 Å². The van der Waals surface area contributed by atoms with Gasteiger partial charge in [0.15, 0.2) is 0 Å². The molecule has 0 saturated carbocycles. The van der Waals surface area contributed by atoms with Gasteiger partial charge in [0.2, 0.25) is 0 Å². The van der Waals surface area contributed by atoms with Crippen molar-refractivity contribution in [3.8, 4) is 0 Å². The third kappa shape index (κ3) is 3.02. The van der Waals surface area contributed by atoms with Crippen molar-refractivity contribution in [3.05, 3.63) is 64.6 Å². The molecule has 0 N–H and O–H groups in total. The van der Waals surface area contributed by atoms with E-state index in [4.69, 9.17) is 0 Å². The maximum Gasteiger partial charge on any atom is 0.325 e. The van der Waals surface area contributed by atoms with Crippen molar-refractivity contribution < 1.29 is 4.79 Å². The highest BCUT2D eigenvalue weighted by Gasteiger charge is 2.36. The molecule has 0 spiro atoms. The molecule has 2 amide bonds. The van der Waals surface area contributed by atoms with E-state index in [0.29, 0.717) is 6.54 Å².